The first kappa shape index (κ1) is 14.0. The Morgan fingerprint density at radius 2 is 2.14 bits per heavy atom. The average Bonchev–Trinajstić information content (AvgIpc) is 3.19. The molecule has 0 saturated heterocycles. The van der Waals surface area contributed by atoms with Crippen molar-refractivity contribution in [1.29, 1.82) is 0 Å². The number of ether oxygens (including phenoxy) is 2. The zero-order valence-corrected chi connectivity index (χ0v) is 12.8. The number of hydrogen-bond acceptors (Lipinski definition) is 3. The molecule has 1 N–H and O–H groups in total. The summed E-state index contributed by atoms with van der Waals surface area (Å²) in [6.45, 7) is 2.11. The number of nitrogens with one attached hydrogen (secondary N) is 1. The molecular formula is C16H23N3O2. The first-order chi connectivity index (χ1) is 10.3. The Bertz CT molecular complexity index is 526. The summed E-state index contributed by atoms with van der Waals surface area (Å²) >= 11 is 0. The average molecular weight is 289 g/mol. The highest BCUT2D eigenvalue weighted by Gasteiger charge is 2.20. The summed E-state index contributed by atoms with van der Waals surface area (Å²) < 4.78 is 10.8. The normalized spacial score (nSPS) is 17.0. The highest BCUT2D eigenvalue weighted by molar-refractivity contribution is 5.79. The molecule has 1 saturated carbocycles. The molecule has 1 aromatic rings. The van der Waals surface area contributed by atoms with E-state index in [1.54, 1.807) is 0 Å². The fourth-order valence-electron chi connectivity index (χ4n) is 2.57. The van der Waals surface area contributed by atoms with E-state index in [2.05, 4.69) is 28.3 Å². The van der Waals surface area contributed by atoms with E-state index in [1.807, 2.05) is 19.2 Å². The Labute approximate surface area is 126 Å². The second kappa shape index (κ2) is 6.24. The highest BCUT2D eigenvalue weighted by Crippen LogP contribution is 2.33. The van der Waals surface area contributed by atoms with Crippen molar-refractivity contribution in [2.24, 2.45) is 10.9 Å². The van der Waals surface area contributed by atoms with Crippen LogP contribution >= 0.6 is 0 Å². The third kappa shape index (κ3) is 3.60. The summed E-state index contributed by atoms with van der Waals surface area (Å²) in [6.07, 6.45) is 4.04. The molecule has 0 spiro atoms. The zero-order chi connectivity index (χ0) is 14.7. The zero-order valence-electron chi connectivity index (χ0n) is 12.8. The molecule has 114 valence electrons. The number of rotatable bonds is 5. The molecule has 1 aliphatic carbocycles. The molecular weight excluding hydrogens is 266 g/mol. The van der Waals surface area contributed by atoms with Crippen LogP contribution in [0.3, 0.4) is 0 Å². The standard InChI is InChI=1S/C16H23N3O2/c1-17-16(18-8-7-12-3-4-12)19(2)10-13-5-6-14-15(9-13)21-11-20-14/h5-6,9,12H,3-4,7-8,10-11H2,1-2H3,(H,17,18). The lowest BCUT2D eigenvalue weighted by Gasteiger charge is -2.22. The van der Waals surface area contributed by atoms with E-state index in [4.69, 9.17) is 9.47 Å². The Morgan fingerprint density at radius 1 is 1.33 bits per heavy atom. The van der Waals surface area contributed by atoms with Gasteiger partial charge < -0.3 is 19.7 Å². The van der Waals surface area contributed by atoms with E-state index >= 15 is 0 Å². The molecule has 21 heavy (non-hydrogen) atoms. The van der Waals surface area contributed by atoms with Gasteiger partial charge in [-0.1, -0.05) is 18.9 Å². The molecule has 0 amide bonds. The van der Waals surface area contributed by atoms with E-state index in [9.17, 15) is 0 Å². The summed E-state index contributed by atoms with van der Waals surface area (Å²) in [5.74, 6) is 3.54. The van der Waals surface area contributed by atoms with E-state index < -0.39 is 0 Å². The lowest BCUT2D eigenvalue weighted by molar-refractivity contribution is 0.174. The van der Waals surface area contributed by atoms with Gasteiger partial charge >= 0.3 is 0 Å². The predicted octanol–water partition coefficient (Wildman–Crippen LogP) is 2.22. The molecule has 1 fully saturated rings. The van der Waals surface area contributed by atoms with Crippen molar-refractivity contribution >= 4 is 5.96 Å². The van der Waals surface area contributed by atoms with Gasteiger partial charge in [0.15, 0.2) is 17.5 Å². The third-order valence-corrected chi connectivity index (χ3v) is 3.96. The molecule has 1 aliphatic heterocycles. The van der Waals surface area contributed by atoms with E-state index in [0.717, 1.165) is 36.5 Å². The van der Waals surface area contributed by atoms with Crippen LogP contribution in [-0.2, 0) is 6.54 Å². The van der Waals surface area contributed by atoms with E-state index in [1.165, 1.54) is 24.8 Å². The maximum Gasteiger partial charge on any atom is 0.231 e. The summed E-state index contributed by atoms with van der Waals surface area (Å²) in [7, 11) is 3.88. The number of fused-ring (bicyclic) bond motifs is 1. The van der Waals surface area contributed by atoms with Gasteiger partial charge in [-0.15, -0.1) is 0 Å². The fourth-order valence-corrected chi connectivity index (χ4v) is 2.57. The van der Waals surface area contributed by atoms with Crippen molar-refractivity contribution in [3.63, 3.8) is 0 Å². The maximum absolute atomic E-state index is 5.42. The predicted molar refractivity (Wildman–Crippen MR) is 82.7 cm³/mol. The molecule has 5 heteroatoms. The van der Waals surface area contributed by atoms with Crippen molar-refractivity contribution in [3.05, 3.63) is 23.8 Å². The topological polar surface area (TPSA) is 46.1 Å². The summed E-state index contributed by atoms with van der Waals surface area (Å²) in [6, 6.07) is 6.08. The quantitative estimate of drug-likeness (QED) is 0.667. The first-order valence-electron chi connectivity index (χ1n) is 7.56. The molecule has 0 aromatic heterocycles. The van der Waals surface area contributed by atoms with Crippen molar-refractivity contribution < 1.29 is 9.47 Å². The van der Waals surface area contributed by atoms with Gasteiger partial charge in [-0.05, 0) is 30.0 Å². The summed E-state index contributed by atoms with van der Waals surface area (Å²) in [4.78, 5) is 6.48. The second-order valence-corrected chi connectivity index (χ2v) is 5.75. The Kier molecular flexibility index (Phi) is 4.18. The molecule has 5 nitrogen and oxygen atoms in total. The van der Waals surface area contributed by atoms with E-state index in [0.29, 0.717) is 6.79 Å². The van der Waals surface area contributed by atoms with Crippen LogP contribution < -0.4 is 14.8 Å². The molecule has 0 atom stereocenters. The van der Waals surface area contributed by atoms with Gasteiger partial charge in [0.25, 0.3) is 0 Å². The second-order valence-electron chi connectivity index (χ2n) is 5.75. The van der Waals surface area contributed by atoms with Crippen LogP contribution in [0.15, 0.2) is 23.2 Å². The minimum atomic E-state index is 0.318. The van der Waals surface area contributed by atoms with Crippen LogP contribution in [0.1, 0.15) is 24.8 Å². The lowest BCUT2D eigenvalue weighted by Crippen LogP contribution is -2.39. The Morgan fingerprint density at radius 3 is 2.90 bits per heavy atom. The smallest absolute Gasteiger partial charge is 0.231 e. The minimum absolute atomic E-state index is 0.318. The van der Waals surface area contributed by atoms with Crippen molar-refractivity contribution in [3.8, 4) is 11.5 Å². The Hall–Kier alpha value is -1.91. The van der Waals surface area contributed by atoms with Gasteiger partial charge in [0.05, 0.1) is 0 Å². The van der Waals surface area contributed by atoms with Crippen LogP contribution in [0, 0.1) is 5.92 Å². The maximum atomic E-state index is 5.42. The molecule has 0 bridgehead atoms. The SMILES string of the molecule is CN=C(NCCC1CC1)N(C)Cc1ccc2c(c1)OCO2. The number of hydrogen-bond donors (Lipinski definition) is 1. The molecule has 3 rings (SSSR count). The molecule has 0 unspecified atom stereocenters. The summed E-state index contributed by atoms with van der Waals surface area (Å²) in [5, 5.41) is 3.43. The van der Waals surface area contributed by atoms with Gasteiger partial charge in [0.1, 0.15) is 0 Å². The first-order valence-corrected chi connectivity index (χ1v) is 7.56. The van der Waals surface area contributed by atoms with Crippen LogP contribution in [0.2, 0.25) is 0 Å². The van der Waals surface area contributed by atoms with Crippen molar-refractivity contribution in [2.45, 2.75) is 25.8 Å². The fraction of sp³-hybridized carbons (Fsp3) is 0.562. The molecule has 0 radical (unpaired) electrons. The lowest BCUT2D eigenvalue weighted by atomic mass is 10.2. The van der Waals surface area contributed by atoms with Crippen LogP contribution in [0.5, 0.6) is 11.5 Å². The molecule has 1 aromatic carbocycles. The van der Waals surface area contributed by atoms with Crippen LogP contribution in [0.4, 0.5) is 0 Å². The van der Waals surface area contributed by atoms with Crippen LogP contribution in [0.25, 0.3) is 0 Å². The Balaban J connectivity index is 1.54. The number of guanidine groups is 1. The summed E-state index contributed by atoms with van der Waals surface area (Å²) in [5.41, 5.74) is 1.19. The van der Waals surface area contributed by atoms with E-state index in [-0.39, 0.29) is 0 Å². The van der Waals surface area contributed by atoms with Gasteiger partial charge in [-0.2, -0.15) is 0 Å². The van der Waals surface area contributed by atoms with Crippen molar-refractivity contribution in [2.75, 3.05) is 27.4 Å². The van der Waals surface area contributed by atoms with Gasteiger partial charge in [-0.3, -0.25) is 4.99 Å². The van der Waals surface area contributed by atoms with Gasteiger partial charge in [0, 0.05) is 27.2 Å². The molecule has 1 heterocycles. The third-order valence-electron chi connectivity index (χ3n) is 3.96. The number of benzene rings is 1. The van der Waals surface area contributed by atoms with Crippen molar-refractivity contribution in [1.82, 2.24) is 10.2 Å². The van der Waals surface area contributed by atoms with Gasteiger partial charge in [-0.25, -0.2) is 0 Å². The van der Waals surface area contributed by atoms with Crippen LogP contribution in [-0.4, -0.2) is 38.3 Å². The number of nitrogens with zero attached hydrogens (tertiary/aromatic N) is 2. The largest absolute Gasteiger partial charge is 0.454 e. The number of aliphatic imine (C=N–C) groups is 1. The van der Waals surface area contributed by atoms with Gasteiger partial charge in [0.2, 0.25) is 6.79 Å². The minimum Gasteiger partial charge on any atom is -0.454 e. The monoisotopic (exact) mass is 289 g/mol. The molecule has 2 aliphatic rings. The highest BCUT2D eigenvalue weighted by atomic mass is 16.7.